The molecule has 1 aromatic heterocycles. The molecule has 0 saturated carbocycles. The molecule has 0 aliphatic carbocycles. The van der Waals surface area contributed by atoms with Gasteiger partial charge in [0.1, 0.15) is 5.82 Å². The molecule has 0 aliphatic rings. The third-order valence-corrected chi connectivity index (χ3v) is 4.53. The van der Waals surface area contributed by atoms with E-state index in [1.165, 1.54) is 18.2 Å². The Morgan fingerprint density at radius 3 is 2.79 bits per heavy atom. The summed E-state index contributed by atoms with van der Waals surface area (Å²) in [7, 11) is 0. The van der Waals surface area contributed by atoms with Crippen LogP contribution >= 0.6 is 0 Å². The molecule has 28 heavy (non-hydrogen) atoms. The van der Waals surface area contributed by atoms with Crippen LogP contribution in [0.4, 0.5) is 4.39 Å². The smallest absolute Gasteiger partial charge is 0.251 e. The third kappa shape index (κ3) is 4.46. The summed E-state index contributed by atoms with van der Waals surface area (Å²) < 4.78 is 13.5. The molecule has 0 spiro atoms. The summed E-state index contributed by atoms with van der Waals surface area (Å²) >= 11 is 0. The van der Waals surface area contributed by atoms with E-state index in [1.54, 1.807) is 24.3 Å². The number of hydrogen-bond donors (Lipinski definition) is 3. The maximum Gasteiger partial charge on any atom is 0.251 e. The average molecular weight is 379 g/mol. The molecular formula is C22H22FN3O2. The minimum absolute atomic E-state index is 0.161. The second kappa shape index (κ2) is 8.52. The maximum atomic E-state index is 13.5. The van der Waals surface area contributed by atoms with E-state index in [4.69, 9.17) is 0 Å². The van der Waals surface area contributed by atoms with Crippen LogP contribution in [0.1, 0.15) is 28.4 Å². The van der Waals surface area contributed by atoms with Crippen molar-refractivity contribution in [2.75, 3.05) is 0 Å². The number of aromatic nitrogens is 1. The quantitative estimate of drug-likeness (QED) is 0.550. The first-order valence-electron chi connectivity index (χ1n) is 9.02. The molecule has 3 rings (SSSR count). The largest absolute Gasteiger partial charge is 0.361 e. The fraction of sp³-hybridized carbons (Fsp3) is 0.182. The lowest BCUT2D eigenvalue weighted by Gasteiger charge is -2.16. The monoisotopic (exact) mass is 379 g/mol. The van der Waals surface area contributed by atoms with E-state index in [2.05, 4.69) is 22.2 Å². The van der Waals surface area contributed by atoms with Crippen molar-refractivity contribution in [3.8, 4) is 0 Å². The lowest BCUT2D eigenvalue weighted by Crippen LogP contribution is -2.35. The second-order valence-electron chi connectivity index (χ2n) is 6.66. The highest BCUT2D eigenvalue weighted by Crippen LogP contribution is 2.21. The number of amides is 2. The van der Waals surface area contributed by atoms with Gasteiger partial charge in [0, 0.05) is 35.2 Å². The summed E-state index contributed by atoms with van der Waals surface area (Å²) in [6, 6.07) is 11.6. The molecule has 2 aromatic carbocycles. The lowest BCUT2D eigenvalue weighted by molar-refractivity contribution is -0.116. The molecule has 0 radical (unpaired) electrons. The Morgan fingerprint density at radius 1 is 1.21 bits per heavy atom. The van der Waals surface area contributed by atoms with Crippen molar-refractivity contribution in [1.29, 1.82) is 0 Å². The molecule has 0 fully saturated rings. The lowest BCUT2D eigenvalue weighted by atomic mass is 10.0. The van der Waals surface area contributed by atoms with E-state index in [0.717, 1.165) is 22.0 Å². The number of halogens is 1. The van der Waals surface area contributed by atoms with Crippen LogP contribution < -0.4 is 10.6 Å². The molecule has 2 amide bonds. The zero-order valence-corrected chi connectivity index (χ0v) is 15.6. The molecular weight excluding hydrogens is 357 g/mol. The number of fused-ring (bicyclic) bond motifs is 1. The van der Waals surface area contributed by atoms with E-state index >= 15 is 0 Å². The van der Waals surface area contributed by atoms with E-state index < -0.39 is 0 Å². The predicted molar refractivity (Wildman–Crippen MR) is 107 cm³/mol. The Morgan fingerprint density at radius 2 is 2.00 bits per heavy atom. The highest BCUT2D eigenvalue weighted by molar-refractivity contribution is 5.96. The van der Waals surface area contributed by atoms with Crippen molar-refractivity contribution in [1.82, 2.24) is 15.6 Å². The average Bonchev–Trinajstić information content (AvgIpc) is 3.07. The fourth-order valence-corrected chi connectivity index (χ4v) is 3.15. The van der Waals surface area contributed by atoms with Crippen LogP contribution in [0.3, 0.4) is 0 Å². The number of nitrogens with one attached hydrogen (secondary N) is 3. The molecule has 0 aliphatic heterocycles. The Bertz CT molecular complexity index is 1030. The maximum absolute atomic E-state index is 13.5. The summed E-state index contributed by atoms with van der Waals surface area (Å²) in [5.41, 5.74) is 3.02. The number of hydrogen-bond acceptors (Lipinski definition) is 2. The van der Waals surface area contributed by atoms with Crippen molar-refractivity contribution in [3.63, 3.8) is 0 Å². The molecule has 5 nitrogen and oxygen atoms in total. The Hall–Kier alpha value is -3.41. The third-order valence-electron chi connectivity index (χ3n) is 4.53. The van der Waals surface area contributed by atoms with Crippen LogP contribution in [0.15, 0.2) is 61.3 Å². The van der Waals surface area contributed by atoms with Gasteiger partial charge in [-0.25, -0.2) is 4.39 Å². The normalized spacial score (nSPS) is 11.8. The van der Waals surface area contributed by atoms with Gasteiger partial charge in [0.2, 0.25) is 5.91 Å². The second-order valence-corrected chi connectivity index (χ2v) is 6.66. The van der Waals surface area contributed by atoms with Crippen LogP contribution in [0, 0.1) is 5.82 Å². The SMILES string of the molecule is C=CC(=O)NCc1ccccc1C(=O)NC(C)Cc1c[nH]c2ccc(F)cc12. The number of H-pyrrole nitrogens is 1. The van der Waals surface area contributed by atoms with Crippen LogP contribution in [-0.4, -0.2) is 22.8 Å². The Balaban J connectivity index is 1.69. The zero-order chi connectivity index (χ0) is 20.1. The zero-order valence-electron chi connectivity index (χ0n) is 15.6. The van der Waals surface area contributed by atoms with Gasteiger partial charge in [-0.05, 0) is 54.8 Å². The molecule has 0 bridgehead atoms. The topological polar surface area (TPSA) is 74.0 Å². The van der Waals surface area contributed by atoms with Crippen molar-refractivity contribution in [2.45, 2.75) is 25.9 Å². The molecule has 3 N–H and O–H groups in total. The van der Waals surface area contributed by atoms with Gasteiger partial charge in [0.25, 0.3) is 5.91 Å². The molecule has 1 heterocycles. The van der Waals surface area contributed by atoms with Gasteiger partial charge in [-0.3, -0.25) is 9.59 Å². The molecule has 1 unspecified atom stereocenters. The first-order chi connectivity index (χ1) is 13.5. The summed E-state index contributed by atoms with van der Waals surface area (Å²) in [6.45, 7) is 5.56. The van der Waals surface area contributed by atoms with Gasteiger partial charge < -0.3 is 15.6 Å². The van der Waals surface area contributed by atoms with Crippen molar-refractivity contribution in [3.05, 3.63) is 83.8 Å². The summed E-state index contributed by atoms with van der Waals surface area (Å²) in [5.74, 6) is -0.808. The number of carbonyl (C=O) groups excluding carboxylic acids is 2. The highest BCUT2D eigenvalue weighted by Gasteiger charge is 2.15. The molecule has 3 aromatic rings. The summed E-state index contributed by atoms with van der Waals surface area (Å²) in [5, 5.41) is 6.47. The number of aromatic amines is 1. The van der Waals surface area contributed by atoms with Crippen LogP contribution in [0.25, 0.3) is 10.9 Å². The minimum Gasteiger partial charge on any atom is -0.361 e. The van der Waals surface area contributed by atoms with E-state index in [1.807, 2.05) is 19.2 Å². The van der Waals surface area contributed by atoms with Crippen molar-refractivity contribution >= 4 is 22.7 Å². The van der Waals surface area contributed by atoms with Gasteiger partial charge >= 0.3 is 0 Å². The predicted octanol–water partition coefficient (Wildman–Crippen LogP) is 3.47. The number of benzene rings is 2. The van der Waals surface area contributed by atoms with Gasteiger partial charge in [0.15, 0.2) is 0 Å². The Kier molecular flexibility index (Phi) is 5.89. The van der Waals surface area contributed by atoms with Gasteiger partial charge in [0.05, 0.1) is 0 Å². The van der Waals surface area contributed by atoms with E-state index in [0.29, 0.717) is 12.0 Å². The number of rotatable bonds is 7. The molecule has 6 heteroatoms. The molecule has 144 valence electrons. The van der Waals surface area contributed by atoms with Crippen LogP contribution in [-0.2, 0) is 17.8 Å². The standard InChI is InChI=1S/C22H22FN3O2/c1-3-21(27)25-12-15-6-4-5-7-18(15)22(28)26-14(2)10-16-13-24-20-9-8-17(23)11-19(16)20/h3-9,11,13-14,24H,1,10,12H2,2H3,(H,25,27)(H,26,28). The first kappa shape index (κ1) is 19.4. The van der Waals surface area contributed by atoms with Crippen LogP contribution in [0.5, 0.6) is 0 Å². The van der Waals surface area contributed by atoms with Crippen LogP contribution in [0.2, 0.25) is 0 Å². The molecule has 0 saturated heterocycles. The minimum atomic E-state index is -0.296. The molecule has 1 atom stereocenters. The fourth-order valence-electron chi connectivity index (χ4n) is 3.15. The van der Waals surface area contributed by atoms with Crippen molar-refractivity contribution in [2.24, 2.45) is 0 Å². The van der Waals surface area contributed by atoms with Gasteiger partial charge in [-0.1, -0.05) is 24.8 Å². The van der Waals surface area contributed by atoms with E-state index in [-0.39, 0.29) is 30.2 Å². The highest BCUT2D eigenvalue weighted by atomic mass is 19.1. The van der Waals surface area contributed by atoms with Crippen molar-refractivity contribution < 1.29 is 14.0 Å². The van der Waals surface area contributed by atoms with Gasteiger partial charge in [-0.2, -0.15) is 0 Å². The summed E-state index contributed by atoms with van der Waals surface area (Å²) in [6.07, 6.45) is 3.59. The Labute approximate surface area is 162 Å². The van der Waals surface area contributed by atoms with E-state index in [9.17, 15) is 14.0 Å². The summed E-state index contributed by atoms with van der Waals surface area (Å²) in [4.78, 5) is 27.2. The number of carbonyl (C=O) groups is 2. The van der Waals surface area contributed by atoms with Gasteiger partial charge in [-0.15, -0.1) is 0 Å². The first-order valence-corrected chi connectivity index (χ1v) is 9.02.